The smallest absolute Gasteiger partial charge is 0.399 e. The van der Waals surface area contributed by atoms with Crippen LogP contribution in [-0.2, 0) is 18.6 Å². The van der Waals surface area contributed by atoms with Crippen molar-refractivity contribution in [1.82, 2.24) is 0 Å². The van der Waals surface area contributed by atoms with Crippen molar-refractivity contribution < 1.29 is 18.6 Å². The first-order valence-corrected chi connectivity index (χ1v) is 18.8. The van der Waals surface area contributed by atoms with Crippen LogP contribution in [0.4, 0.5) is 0 Å². The van der Waals surface area contributed by atoms with E-state index >= 15 is 0 Å². The zero-order valence-electron chi connectivity index (χ0n) is 28.7. The van der Waals surface area contributed by atoms with Gasteiger partial charge in [-0.3, -0.25) is 0 Å². The molecule has 0 N–H and O–H groups in total. The Bertz CT molecular complexity index is 1780. The maximum Gasteiger partial charge on any atom is 0.494 e. The van der Waals surface area contributed by atoms with Crippen LogP contribution in [0.3, 0.4) is 0 Å². The average Bonchev–Trinajstić information content (AvgIpc) is 3.70. The van der Waals surface area contributed by atoms with Gasteiger partial charge in [-0.15, -0.1) is 0 Å². The van der Waals surface area contributed by atoms with Crippen LogP contribution in [0.2, 0.25) is 0 Å². The number of hydrogen-bond donors (Lipinski definition) is 0. The summed E-state index contributed by atoms with van der Waals surface area (Å²) in [5.74, 6) is 0. The van der Waals surface area contributed by atoms with Crippen molar-refractivity contribution in [3.63, 3.8) is 0 Å². The summed E-state index contributed by atoms with van der Waals surface area (Å²) in [6.07, 6.45) is 4.76. The highest BCUT2D eigenvalue weighted by molar-refractivity contribution is 7.28. The second-order valence-electron chi connectivity index (χ2n) is 15.4. The standard InChI is InChI=1S/C40H42B2O4Si/c1-37(2)38(3,4)44-41(43-37)29-21-17-27(18-22-29)33-25-26-34(28-19-23-30(24-20-28)42-45-39(5,6)40(7,8)46-42)47(33)35-15-11-9-13-31(35)32-14-10-12-16-36(32)47/h9-26H,1-8H3. The van der Waals surface area contributed by atoms with Crippen molar-refractivity contribution in [3.05, 3.63) is 120 Å². The summed E-state index contributed by atoms with van der Waals surface area (Å²) in [6.45, 7) is 16.8. The Hall–Kier alpha value is -3.45. The number of rotatable bonds is 4. The third kappa shape index (κ3) is 4.44. The zero-order chi connectivity index (χ0) is 33.0. The van der Waals surface area contributed by atoms with Crippen LogP contribution in [-0.4, -0.2) is 44.7 Å². The van der Waals surface area contributed by atoms with Gasteiger partial charge in [0.1, 0.15) is 0 Å². The van der Waals surface area contributed by atoms with Gasteiger partial charge in [0.05, 0.1) is 22.4 Å². The highest BCUT2D eigenvalue weighted by Gasteiger charge is 2.55. The van der Waals surface area contributed by atoms with Crippen molar-refractivity contribution in [1.29, 1.82) is 0 Å². The fourth-order valence-electron chi connectivity index (χ4n) is 7.60. The van der Waals surface area contributed by atoms with Crippen molar-refractivity contribution in [2.24, 2.45) is 0 Å². The molecule has 0 aliphatic carbocycles. The Kier molecular flexibility index (Phi) is 6.74. The molecule has 4 aromatic rings. The molecule has 47 heavy (non-hydrogen) atoms. The summed E-state index contributed by atoms with van der Waals surface area (Å²) in [6, 6.07) is 35.9. The van der Waals surface area contributed by atoms with E-state index in [2.05, 4.69) is 165 Å². The van der Waals surface area contributed by atoms with Crippen LogP contribution in [0, 0.1) is 0 Å². The van der Waals surface area contributed by atoms with Crippen LogP contribution >= 0.6 is 0 Å². The summed E-state index contributed by atoms with van der Waals surface area (Å²) in [5.41, 5.74) is 5.73. The lowest BCUT2D eigenvalue weighted by atomic mass is 9.79. The molecule has 0 saturated carbocycles. The minimum Gasteiger partial charge on any atom is -0.399 e. The normalized spacial score (nSPS) is 22.3. The molecule has 0 atom stereocenters. The highest BCUT2D eigenvalue weighted by Crippen LogP contribution is 2.47. The first-order valence-electron chi connectivity index (χ1n) is 16.8. The molecule has 4 nitrogen and oxygen atoms in total. The number of fused-ring (bicyclic) bond motifs is 5. The number of hydrogen-bond acceptors (Lipinski definition) is 4. The number of benzene rings is 4. The van der Waals surface area contributed by atoms with Crippen LogP contribution in [0.5, 0.6) is 0 Å². The minimum atomic E-state index is -2.64. The Morgan fingerprint density at radius 1 is 0.426 bits per heavy atom. The van der Waals surface area contributed by atoms with E-state index in [1.54, 1.807) is 0 Å². The van der Waals surface area contributed by atoms with Gasteiger partial charge in [0.15, 0.2) is 8.07 Å². The molecule has 4 aliphatic heterocycles. The molecule has 0 bridgehead atoms. The molecule has 1 spiro atoms. The maximum absolute atomic E-state index is 6.39. The van der Waals surface area contributed by atoms with Gasteiger partial charge in [-0.1, -0.05) is 109 Å². The first kappa shape index (κ1) is 30.9. The number of allylic oxidation sites excluding steroid dienone is 2. The SMILES string of the molecule is CC1(C)OB(c2ccc(C3=CC=C(c4ccc(B5OC(C)(C)C(C)(C)O5)cc4)[Si]34c3ccccc3-c3ccccc34)cc2)OC1(C)C. The molecule has 2 fully saturated rings. The third-order valence-corrected chi connectivity index (χ3v) is 16.7. The lowest BCUT2D eigenvalue weighted by Gasteiger charge is -2.33. The summed E-state index contributed by atoms with van der Waals surface area (Å²) < 4.78 is 25.6. The lowest BCUT2D eigenvalue weighted by molar-refractivity contribution is 0.00578. The van der Waals surface area contributed by atoms with E-state index < -0.39 is 8.07 Å². The predicted molar refractivity (Wildman–Crippen MR) is 197 cm³/mol. The molecule has 8 rings (SSSR count). The monoisotopic (exact) mass is 636 g/mol. The summed E-state index contributed by atoms with van der Waals surface area (Å²) in [4.78, 5) is 0. The summed E-state index contributed by atoms with van der Waals surface area (Å²) in [7, 11) is -3.42. The molecule has 0 amide bonds. The minimum absolute atomic E-state index is 0.380. The second kappa shape index (κ2) is 10.3. The van der Waals surface area contributed by atoms with Crippen molar-refractivity contribution in [2.75, 3.05) is 0 Å². The highest BCUT2D eigenvalue weighted by atomic mass is 28.3. The molecule has 4 aliphatic rings. The average molecular weight is 636 g/mol. The van der Waals surface area contributed by atoms with Gasteiger partial charge >= 0.3 is 14.2 Å². The van der Waals surface area contributed by atoms with E-state index in [9.17, 15) is 0 Å². The quantitative estimate of drug-likeness (QED) is 0.255. The molecular formula is C40H42B2O4Si. The van der Waals surface area contributed by atoms with Crippen molar-refractivity contribution >= 4 is 54.0 Å². The molecule has 0 aromatic heterocycles. The molecule has 2 saturated heterocycles. The lowest BCUT2D eigenvalue weighted by Crippen LogP contribution is -2.56. The molecule has 0 radical (unpaired) electrons. The van der Waals surface area contributed by atoms with E-state index in [1.807, 2.05) is 0 Å². The predicted octanol–water partition coefficient (Wildman–Crippen LogP) is 6.09. The molecule has 7 heteroatoms. The summed E-state index contributed by atoms with van der Waals surface area (Å²) in [5, 5.41) is 5.70. The van der Waals surface area contributed by atoms with E-state index in [0.717, 1.165) is 10.9 Å². The van der Waals surface area contributed by atoms with Gasteiger partial charge in [-0.25, -0.2) is 0 Å². The third-order valence-electron chi connectivity index (χ3n) is 11.7. The maximum atomic E-state index is 6.39. The van der Waals surface area contributed by atoms with Crippen molar-refractivity contribution in [3.8, 4) is 11.1 Å². The molecule has 0 unspecified atom stereocenters. The summed E-state index contributed by atoms with van der Waals surface area (Å²) >= 11 is 0. The van der Waals surface area contributed by atoms with Crippen LogP contribution < -0.4 is 21.3 Å². The van der Waals surface area contributed by atoms with Gasteiger partial charge in [0.25, 0.3) is 0 Å². The molecule has 4 heterocycles. The molecular weight excluding hydrogens is 594 g/mol. The van der Waals surface area contributed by atoms with E-state index in [4.69, 9.17) is 18.6 Å². The molecule has 4 aromatic carbocycles. The van der Waals surface area contributed by atoms with Crippen LogP contribution in [0.25, 0.3) is 21.5 Å². The fraction of sp³-hybridized carbons (Fsp3) is 0.300. The van der Waals surface area contributed by atoms with Crippen LogP contribution in [0.15, 0.2) is 109 Å². The largest absolute Gasteiger partial charge is 0.494 e. The van der Waals surface area contributed by atoms with Gasteiger partial charge < -0.3 is 18.6 Å². The fourth-order valence-corrected chi connectivity index (χ4v) is 13.1. The van der Waals surface area contributed by atoms with Crippen LogP contribution in [0.1, 0.15) is 66.5 Å². The van der Waals surface area contributed by atoms with Gasteiger partial charge in [0.2, 0.25) is 0 Å². The van der Waals surface area contributed by atoms with Crippen molar-refractivity contribution in [2.45, 2.75) is 77.8 Å². The Labute approximate surface area is 281 Å². The van der Waals surface area contributed by atoms with Gasteiger partial charge in [-0.2, -0.15) is 0 Å². The first-order chi connectivity index (χ1) is 22.3. The Morgan fingerprint density at radius 3 is 1.09 bits per heavy atom. The molecule has 236 valence electrons. The Morgan fingerprint density at radius 2 is 0.745 bits per heavy atom. The van der Waals surface area contributed by atoms with Gasteiger partial charge in [-0.05, 0) is 109 Å². The van der Waals surface area contributed by atoms with E-state index in [1.165, 1.54) is 43.0 Å². The topological polar surface area (TPSA) is 36.9 Å². The van der Waals surface area contributed by atoms with E-state index in [0.29, 0.717) is 0 Å². The van der Waals surface area contributed by atoms with Gasteiger partial charge in [0, 0.05) is 0 Å². The Balaban J connectivity index is 1.21. The second-order valence-corrected chi connectivity index (χ2v) is 19.1. The van der Waals surface area contributed by atoms with E-state index in [-0.39, 0.29) is 36.6 Å². The zero-order valence-corrected chi connectivity index (χ0v) is 29.7.